The van der Waals surface area contributed by atoms with Gasteiger partial charge >= 0.3 is 6.03 Å². The predicted molar refractivity (Wildman–Crippen MR) is 121 cm³/mol. The number of rotatable bonds is 4. The van der Waals surface area contributed by atoms with Crippen molar-refractivity contribution in [2.45, 2.75) is 24.8 Å². The first-order valence-corrected chi connectivity index (χ1v) is 11.1. The molecule has 7 nitrogen and oxygen atoms in total. The van der Waals surface area contributed by atoms with Crippen LogP contribution < -0.4 is 10.1 Å². The van der Waals surface area contributed by atoms with E-state index in [9.17, 15) is 9.18 Å². The van der Waals surface area contributed by atoms with Crippen molar-refractivity contribution < 1.29 is 13.9 Å². The molecule has 2 saturated heterocycles. The summed E-state index contributed by atoms with van der Waals surface area (Å²) in [5, 5.41) is 3.67. The summed E-state index contributed by atoms with van der Waals surface area (Å²) in [5.74, 6) is 0.777. The third-order valence-corrected chi connectivity index (χ3v) is 6.85. The molecule has 0 unspecified atom stereocenters. The summed E-state index contributed by atoms with van der Waals surface area (Å²) in [6.07, 6.45) is 3.86. The van der Waals surface area contributed by atoms with Crippen molar-refractivity contribution in [2.24, 2.45) is 0 Å². The molecule has 0 bridgehead atoms. The van der Waals surface area contributed by atoms with Crippen molar-refractivity contribution >= 4 is 17.1 Å². The van der Waals surface area contributed by atoms with E-state index in [1.807, 2.05) is 11.0 Å². The van der Waals surface area contributed by atoms with Crippen LogP contribution in [0.4, 0.5) is 9.18 Å². The number of benzene rings is 1. The number of nitrogens with one attached hydrogen (secondary N) is 2. The number of urea groups is 1. The number of aromatic nitrogens is 2. The van der Waals surface area contributed by atoms with Gasteiger partial charge in [0.2, 0.25) is 0 Å². The van der Waals surface area contributed by atoms with Gasteiger partial charge in [0, 0.05) is 54.9 Å². The number of methoxy groups -OCH3 is 1. The van der Waals surface area contributed by atoms with Crippen LogP contribution in [-0.4, -0.2) is 72.2 Å². The molecule has 2 aromatic heterocycles. The van der Waals surface area contributed by atoms with Crippen LogP contribution in [-0.2, 0) is 0 Å². The molecule has 2 aliphatic heterocycles. The zero-order chi connectivity index (χ0) is 22.2. The molecular formula is C24H28FN5O2. The number of piperidine rings is 1. The zero-order valence-corrected chi connectivity index (χ0v) is 18.4. The van der Waals surface area contributed by atoms with Crippen LogP contribution >= 0.6 is 0 Å². The fraction of sp³-hybridized carbons (Fsp3) is 0.417. The monoisotopic (exact) mass is 437 g/mol. The van der Waals surface area contributed by atoms with Crippen molar-refractivity contribution in [1.82, 2.24) is 25.1 Å². The molecule has 0 radical (unpaired) electrons. The molecule has 0 aliphatic carbocycles. The van der Waals surface area contributed by atoms with Crippen molar-refractivity contribution in [3.8, 4) is 16.9 Å². The van der Waals surface area contributed by atoms with Gasteiger partial charge in [-0.15, -0.1) is 0 Å². The number of carbonyl (C=O) groups excluding carboxylic acids is 1. The highest BCUT2D eigenvalue weighted by atomic mass is 19.1. The molecule has 32 heavy (non-hydrogen) atoms. The summed E-state index contributed by atoms with van der Waals surface area (Å²) in [7, 11) is 3.27. The molecule has 2 fully saturated rings. The minimum Gasteiger partial charge on any atom is -0.496 e. The fourth-order valence-electron chi connectivity index (χ4n) is 4.98. The van der Waals surface area contributed by atoms with Crippen LogP contribution in [0, 0.1) is 5.82 Å². The molecule has 0 atom stereocenters. The maximum atomic E-state index is 14.0. The predicted octanol–water partition coefficient (Wildman–Crippen LogP) is 3.58. The molecule has 4 heterocycles. The van der Waals surface area contributed by atoms with Crippen molar-refractivity contribution in [3.63, 3.8) is 0 Å². The fourth-order valence-corrected chi connectivity index (χ4v) is 4.98. The third-order valence-electron chi connectivity index (χ3n) is 6.85. The summed E-state index contributed by atoms with van der Waals surface area (Å²) in [5.41, 5.74) is 3.63. The standard InChI is InChI=1S/C24H28FN5O2/c1-26-24(31)30-13-17(14-30)29-9-6-15(7-10-29)21-12-20-18(5-8-27-23(20)28-21)19-11-16(25)3-4-22(19)32-2/h3-5,8,11-12,15,17H,6-7,9-10,13-14H2,1-2H3,(H,26,31)(H,27,28). The van der Waals surface area contributed by atoms with Crippen LogP contribution in [0.25, 0.3) is 22.2 Å². The number of fused-ring (bicyclic) bond motifs is 1. The number of nitrogens with zero attached hydrogens (tertiary/aromatic N) is 3. The lowest BCUT2D eigenvalue weighted by atomic mass is 9.91. The molecular weight excluding hydrogens is 409 g/mol. The number of aromatic amines is 1. The van der Waals surface area contributed by atoms with E-state index < -0.39 is 0 Å². The number of halogens is 1. The lowest BCUT2D eigenvalue weighted by molar-refractivity contribution is 0.0417. The van der Waals surface area contributed by atoms with E-state index in [1.54, 1.807) is 26.4 Å². The summed E-state index contributed by atoms with van der Waals surface area (Å²) in [6.45, 7) is 3.65. The van der Waals surface area contributed by atoms with Gasteiger partial charge in [-0.3, -0.25) is 4.90 Å². The van der Waals surface area contributed by atoms with Gasteiger partial charge in [-0.2, -0.15) is 0 Å². The first kappa shape index (κ1) is 20.8. The molecule has 2 N–H and O–H groups in total. The maximum Gasteiger partial charge on any atom is 0.317 e. The smallest absolute Gasteiger partial charge is 0.317 e. The molecule has 5 rings (SSSR count). The van der Waals surface area contributed by atoms with Crippen LogP contribution in [0.1, 0.15) is 24.5 Å². The van der Waals surface area contributed by atoms with Crippen molar-refractivity contribution in [2.75, 3.05) is 40.3 Å². The first-order chi connectivity index (χ1) is 15.6. The summed E-state index contributed by atoms with van der Waals surface area (Å²) >= 11 is 0. The molecule has 2 aliphatic rings. The van der Waals surface area contributed by atoms with Crippen LogP contribution in [0.5, 0.6) is 5.75 Å². The van der Waals surface area contributed by atoms with Crippen molar-refractivity contribution in [1.29, 1.82) is 0 Å². The van der Waals surface area contributed by atoms with Gasteiger partial charge in [0.05, 0.1) is 7.11 Å². The van der Waals surface area contributed by atoms with E-state index in [0.29, 0.717) is 17.7 Å². The highest BCUT2D eigenvalue weighted by molar-refractivity contribution is 5.95. The molecule has 168 valence electrons. The quantitative estimate of drug-likeness (QED) is 0.654. The van der Waals surface area contributed by atoms with Gasteiger partial charge < -0.3 is 19.9 Å². The first-order valence-electron chi connectivity index (χ1n) is 11.1. The number of amides is 2. The van der Waals surface area contributed by atoms with Gasteiger partial charge in [-0.25, -0.2) is 14.2 Å². The second kappa shape index (κ2) is 8.43. The molecule has 2 amide bonds. The Morgan fingerprint density at radius 1 is 1.19 bits per heavy atom. The Morgan fingerprint density at radius 3 is 2.69 bits per heavy atom. The largest absolute Gasteiger partial charge is 0.496 e. The zero-order valence-electron chi connectivity index (χ0n) is 18.4. The van der Waals surface area contributed by atoms with Gasteiger partial charge in [0.25, 0.3) is 0 Å². The summed E-state index contributed by atoms with van der Waals surface area (Å²) in [6, 6.07) is 9.13. The Labute approximate surface area is 186 Å². The normalized spacial score (nSPS) is 18.0. The molecule has 8 heteroatoms. The highest BCUT2D eigenvalue weighted by Gasteiger charge is 2.36. The van der Waals surface area contributed by atoms with Gasteiger partial charge in [-0.1, -0.05) is 0 Å². The Hall–Kier alpha value is -3.13. The minimum absolute atomic E-state index is 0.00689. The molecule has 0 spiro atoms. The SMILES string of the molecule is CNC(=O)N1CC(N2CCC(c3cc4c(-c5cc(F)ccc5OC)ccnc4[nH]3)CC2)C1. The van der Waals surface area contributed by atoms with Crippen LogP contribution in [0.15, 0.2) is 36.5 Å². The lowest BCUT2D eigenvalue weighted by Gasteiger charge is -2.47. The average Bonchev–Trinajstić information content (AvgIpc) is 3.23. The number of pyridine rings is 1. The average molecular weight is 438 g/mol. The Balaban J connectivity index is 1.32. The van der Waals surface area contributed by atoms with E-state index in [4.69, 9.17) is 4.74 Å². The van der Waals surface area contributed by atoms with Crippen LogP contribution in [0.3, 0.4) is 0 Å². The topological polar surface area (TPSA) is 73.5 Å². The maximum absolute atomic E-state index is 14.0. The highest BCUT2D eigenvalue weighted by Crippen LogP contribution is 2.37. The molecule has 3 aromatic rings. The number of hydrogen-bond acceptors (Lipinski definition) is 4. The number of H-pyrrole nitrogens is 1. The number of carbonyl (C=O) groups is 1. The second-order valence-corrected chi connectivity index (χ2v) is 8.61. The number of ether oxygens (including phenoxy) is 1. The van der Waals surface area contributed by atoms with Crippen LogP contribution in [0.2, 0.25) is 0 Å². The Bertz CT molecular complexity index is 1130. The van der Waals surface area contributed by atoms with E-state index >= 15 is 0 Å². The summed E-state index contributed by atoms with van der Waals surface area (Å²) < 4.78 is 19.5. The Morgan fingerprint density at radius 2 is 1.97 bits per heavy atom. The minimum atomic E-state index is -0.292. The molecule has 0 saturated carbocycles. The van der Waals surface area contributed by atoms with E-state index in [1.165, 1.54) is 17.8 Å². The third kappa shape index (κ3) is 3.68. The summed E-state index contributed by atoms with van der Waals surface area (Å²) in [4.78, 5) is 24.1. The van der Waals surface area contributed by atoms with Gasteiger partial charge in [0.15, 0.2) is 0 Å². The second-order valence-electron chi connectivity index (χ2n) is 8.61. The van der Waals surface area contributed by atoms with Gasteiger partial charge in [0.1, 0.15) is 17.2 Å². The lowest BCUT2D eigenvalue weighted by Crippen LogP contribution is -2.63. The molecule has 1 aromatic carbocycles. The van der Waals surface area contributed by atoms with E-state index in [-0.39, 0.29) is 11.8 Å². The van der Waals surface area contributed by atoms with Crippen molar-refractivity contribution in [3.05, 3.63) is 48.0 Å². The Kier molecular flexibility index (Phi) is 5.46. The van der Waals surface area contributed by atoms with E-state index in [0.717, 1.165) is 61.2 Å². The number of likely N-dealkylation sites (tertiary alicyclic amines) is 2. The number of hydrogen-bond donors (Lipinski definition) is 2. The van der Waals surface area contributed by atoms with Gasteiger partial charge in [-0.05, 0) is 61.8 Å². The van der Waals surface area contributed by atoms with E-state index in [2.05, 4.69) is 26.3 Å².